The highest BCUT2D eigenvalue weighted by atomic mass is 16.3. The van der Waals surface area contributed by atoms with E-state index in [0.717, 1.165) is 25.2 Å². The summed E-state index contributed by atoms with van der Waals surface area (Å²) in [6.45, 7) is 3.01. The van der Waals surface area contributed by atoms with Gasteiger partial charge in [0, 0.05) is 31.2 Å². The van der Waals surface area contributed by atoms with Crippen molar-refractivity contribution in [2.24, 2.45) is 0 Å². The standard InChI is InChI=1S/C17H22N2O/c1-18(2)14-9-10-19(11-14)12-16-15-6-4-3-5-13(15)7-8-17(16)20/h3-8,14,20H,9-12H2,1-2H3. The van der Waals surface area contributed by atoms with Crippen LogP contribution in [0.5, 0.6) is 5.75 Å². The summed E-state index contributed by atoms with van der Waals surface area (Å²) in [4.78, 5) is 4.73. The predicted octanol–water partition coefficient (Wildman–Crippen LogP) is 2.68. The highest BCUT2D eigenvalue weighted by Crippen LogP contribution is 2.29. The number of aromatic hydroxyl groups is 1. The lowest BCUT2D eigenvalue weighted by molar-refractivity contribution is 0.263. The molecule has 1 N–H and O–H groups in total. The van der Waals surface area contributed by atoms with Crippen LogP contribution in [0.25, 0.3) is 10.8 Å². The van der Waals surface area contributed by atoms with Crippen molar-refractivity contribution in [1.29, 1.82) is 0 Å². The van der Waals surface area contributed by atoms with Crippen LogP contribution in [-0.2, 0) is 6.54 Å². The molecule has 0 saturated carbocycles. The first kappa shape index (κ1) is 13.4. The third-order valence-corrected chi connectivity index (χ3v) is 4.38. The van der Waals surface area contributed by atoms with Gasteiger partial charge in [0.2, 0.25) is 0 Å². The highest BCUT2D eigenvalue weighted by Gasteiger charge is 2.24. The van der Waals surface area contributed by atoms with Crippen LogP contribution in [0.2, 0.25) is 0 Å². The van der Waals surface area contributed by atoms with Crippen molar-refractivity contribution in [1.82, 2.24) is 9.80 Å². The van der Waals surface area contributed by atoms with Gasteiger partial charge in [0.15, 0.2) is 0 Å². The predicted molar refractivity (Wildman–Crippen MR) is 83.0 cm³/mol. The van der Waals surface area contributed by atoms with E-state index in [9.17, 15) is 5.11 Å². The molecule has 1 fully saturated rings. The molecule has 1 atom stereocenters. The van der Waals surface area contributed by atoms with Crippen LogP contribution in [0.4, 0.5) is 0 Å². The van der Waals surface area contributed by atoms with Gasteiger partial charge in [-0.15, -0.1) is 0 Å². The third-order valence-electron chi connectivity index (χ3n) is 4.38. The zero-order valence-electron chi connectivity index (χ0n) is 12.2. The van der Waals surface area contributed by atoms with Gasteiger partial charge in [-0.25, -0.2) is 0 Å². The SMILES string of the molecule is CN(C)C1CCN(Cc2c(O)ccc3ccccc23)C1. The molecular formula is C17H22N2O. The minimum Gasteiger partial charge on any atom is -0.508 e. The van der Waals surface area contributed by atoms with E-state index in [1.807, 2.05) is 24.3 Å². The van der Waals surface area contributed by atoms with Crippen molar-refractivity contribution in [3.8, 4) is 5.75 Å². The van der Waals surface area contributed by atoms with Gasteiger partial charge < -0.3 is 10.0 Å². The summed E-state index contributed by atoms with van der Waals surface area (Å²) in [6, 6.07) is 12.7. The first-order chi connectivity index (χ1) is 9.65. The molecule has 3 heteroatoms. The van der Waals surface area contributed by atoms with Gasteiger partial charge in [-0.2, -0.15) is 0 Å². The quantitative estimate of drug-likeness (QED) is 0.929. The molecule has 0 aromatic heterocycles. The number of benzene rings is 2. The molecule has 1 heterocycles. The van der Waals surface area contributed by atoms with Crippen molar-refractivity contribution in [2.45, 2.75) is 19.0 Å². The van der Waals surface area contributed by atoms with Gasteiger partial charge in [-0.1, -0.05) is 30.3 Å². The lowest BCUT2D eigenvalue weighted by Crippen LogP contribution is -2.31. The van der Waals surface area contributed by atoms with E-state index in [0.29, 0.717) is 11.8 Å². The summed E-state index contributed by atoms with van der Waals surface area (Å²) < 4.78 is 0. The maximum Gasteiger partial charge on any atom is 0.120 e. The molecule has 2 aromatic rings. The van der Waals surface area contributed by atoms with E-state index in [-0.39, 0.29) is 0 Å². The maximum atomic E-state index is 10.2. The van der Waals surface area contributed by atoms with Crippen LogP contribution >= 0.6 is 0 Å². The Morgan fingerprint density at radius 3 is 2.75 bits per heavy atom. The number of phenolic OH excluding ortho intramolecular Hbond substituents is 1. The first-order valence-corrected chi connectivity index (χ1v) is 7.23. The van der Waals surface area contributed by atoms with Gasteiger partial charge in [0.25, 0.3) is 0 Å². The Kier molecular flexibility index (Phi) is 3.64. The maximum absolute atomic E-state index is 10.2. The van der Waals surface area contributed by atoms with Crippen molar-refractivity contribution >= 4 is 10.8 Å². The van der Waals surface area contributed by atoms with Crippen molar-refractivity contribution < 1.29 is 5.11 Å². The molecule has 2 aromatic carbocycles. The molecule has 0 radical (unpaired) electrons. The fourth-order valence-corrected chi connectivity index (χ4v) is 3.09. The molecule has 0 spiro atoms. The topological polar surface area (TPSA) is 26.7 Å². The number of hydrogen-bond acceptors (Lipinski definition) is 3. The molecule has 3 nitrogen and oxygen atoms in total. The number of fused-ring (bicyclic) bond motifs is 1. The van der Waals surface area contributed by atoms with Gasteiger partial charge in [-0.05, 0) is 37.4 Å². The third kappa shape index (κ3) is 2.51. The van der Waals surface area contributed by atoms with E-state index >= 15 is 0 Å². The van der Waals surface area contributed by atoms with Crippen molar-refractivity contribution in [3.05, 3.63) is 42.0 Å². The molecule has 1 aliphatic heterocycles. The number of rotatable bonds is 3. The molecule has 0 amide bonds. The first-order valence-electron chi connectivity index (χ1n) is 7.23. The van der Waals surface area contributed by atoms with Crippen LogP contribution in [0, 0.1) is 0 Å². The molecule has 1 saturated heterocycles. The van der Waals surface area contributed by atoms with E-state index < -0.39 is 0 Å². The zero-order valence-corrected chi connectivity index (χ0v) is 12.2. The smallest absolute Gasteiger partial charge is 0.120 e. The fourth-order valence-electron chi connectivity index (χ4n) is 3.09. The van der Waals surface area contributed by atoms with E-state index in [4.69, 9.17) is 0 Å². The molecule has 0 aliphatic carbocycles. The van der Waals surface area contributed by atoms with Crippen molar-refractivity contribution in [3.63, 3.8) is 0 Å². The average molecular weight is 270 g/mol. The zero-order chi connectivity index (χ0) is 14.1. The Bertz CT molecular complexity index is 609. The summed E-state index contributed by atoms with van der Waals surface area (Å²) in [5, 5.41) is 12.6. The number of phenols is 1. The number of likely N-dealkylation sites (tertiary alicyclic amines) is 1. The summed E-state index contributed by atoms with van der Waals surface area (Å²) in [5.74, 6) is 0.414. The Labute approximate surface area is 120 Å². The second kappa shape index (κ2) is 5.43. The van der Waals surface area contributed by atoms with Crippen LogP contribution in [0.1, 0.15) is 12.0 Å². The minimum absolute atomic E-state index is 0.414. The van der Waals surface area contributed by atoms with Gasteiger partial charge in [-0.3, -0.25) is 4.90 Å². The van der Waals surface area contributed by atoms with Crippen LogP contribution < -0.4 is 0 Å². The minimum atomic E-state index is 0.414. The van der Waals surface area contributed by atoms with Crippen molar-refractivity contribution in [2.75, 3.05) is 27.2 Å². The van der Waals surface area contributed by atoms with Gasteiger partial charge >= 0.3 is 0 Å². The van der Waals surface area contributed by atoms with E-state index in [1.54, 1.807) is 0 Å². The molecule has 1 aliphatic rings. The second-order valence-electron chi connectivity index (χ2n) is 5.93. The normalized spacial score (nSPS) is 20.1. The summed E-state index contributed by atoms with van der Waals surface area (Å²) in [6.07, 6.45) is 1.21. The number of likely N-dealkylation sites (N-methyl/N-ethyl adjacent to an activating group) is 1. The summed E-state index contributed by atoms with van der Waals surface area (Å²) in [7, 11) is 4.28. The molecule has 0 bridgehead atoms. The van der Waals surface area contributed by atoms with E-state index in [2.05, 4.69) is 36.0 Å². The molecule has 106 valence electrons. The fraction of sp³-hybridized carbons (Fsp3) is 0.412. The lowest BCUT2D eigenvalue weighted by atomic mass is 10.0. The number of hydrogen-bond donors (Lipinski definition) is 1. The molecule has 20 heavy (non-hydrogen) atoms. The van der Waals surface area contributed by atoms with Gasteiger partial charge in [0.1, 0.15) is 5.75 Å². The highest BCUT2D eigenvalue weighted by molar-refractivity contribution is 5.87. The Balaban J connectivity index is 1.86. The number of nitrogens with zero attached hydrogens (tertiary/aromatic N) is 2. The van der Waals surface area contributed by atoms with E-state index in [1.165, 1.54) is 17.2 Å². The largest absolute Gasteiger partial charge is 0.508 e. The van der Waals surface area contributed by atoms with Crippen LogP contribution in [0.15, 0.2) is 36.4 Å². The van der Waals surface area contributed by atoms with Crippen LogP contribution in [-0.4, -0.2) is 48.1 Å². The van der Waals surface area contributed by atoms with Gasteiger partial charge in [0.05, 0.1) is 0 Å². The molecule has 3 rings (SSSR count). The monoisotopic (exact) mass is 270 g/mol. The summed E-state index contributed by atoms with van der Waals surface area (Å²) in [5.41, 5.74) is 1.06. The Morgan fingerprint density at radius 2 is 2.00 bits per heavy atom. The Hall–Kier alpha value is -1.58. The van der Waals surface area contributed by atoms with Crippen LogP contribution in [0.3, 0.4) is 0 Å². The average Bonchev–Trinajstić information content (AvgIpc) is 2.91. The Morgan fingerprint density at radius 1 is 1.20 bits per heavy atom. The molecular weight excluding hydrogens is 248 g/mol. The second-order valence-corrected chi connectivity index (χ2v) is 5.93. The lowest BCUT2D eigenvalue weighted by Gasteiger charge is -2.21. The summed E-state index contributed by atoms with van der Waals surface area (Å²) >= 11 is 0. The molecule has 1 unspecified atom stereocenters.